The third-order valence-corrected chi connectivity index (χ3v) is 8.50. The molecule has 1 atom stereocenters. The summed E-state index contributed by atoms with van der Waals surface area (Å²) in [5.41, 5.74) is 2.70. The molecule has 9 heteroatoms. The highest BCUT2D eigenvalue weighted by atomic mass is 32.2. The van der Waals surface area contributed by atoms with Crippen molar-refractivity contribution in [1.82, 2.24) is 4.31 Å². The first-order valence-electron chi connectivity index (χ1n) is 11.4. The first kappa shape index (κ1) is 24.1. The zero-order chi connectivity index (χ0) is 24.6. The van der Waals surface area contributed by atoms with Gasteiger partial charge >= 0.3 is 0 Å². The smallest absolute Gasteiger partial charge is 0.243 e. The average molecular weight is 484 g/mol. The molecule has 1 unspecified atom stereocenters. The summed E-state index contributed by atoms with van der Waals surface area (Å²) in [5, 5.41) is 2.85. The Bertz CT molecular complexity index is 1250. The van der Waals surface area contributed by atoms with E-state index in [1.165, 1.54) is 18.2 Å². The Balaban J connectivity index is 1.41. The molecule has 0 saturated carbocycles. The van der Waals surface area contributed by atoms with Gasteiger partial charge in [0.2, 0.25) is 21.8 Å². The summed E-state index contributed by atoms with van der Waals surface area (Å²) in [5.74, 6) is -0.620. The van der Waals surface area contributed by atoms with Crippen molar-refractivity contribution in [2.24, 2.45) is 5.92 Å². The van der Waals surface area contributed by atoms with Crippen molar-refractivity contribution in [3.05, 3.63) is 53.6 Å². The number of carbonyl (C=O) groups excluding carboxylic acids is 3. The van der Waals surface area contributed by atoms with Crippen LogP contribution in [0.25, 0.3) is 0 Å². The van der Waals surface area contributed by atoms with Crippen LogP contribution in [0.5, 0.6) is 0 Å². The van der Waals surface area contributed by atoms with Crippen LogP contribution in [0.1, 0.15) is 49.5 Å². The fourth-order valence-corrected chi connectivity index (χ4v) is 6.34. The van der Waals surface area contributed by atoms with Gasteiger partial charge in [-0.2, -0.15) is 4.31 Å². The largest absolute Gasteiger partial charge is 0.326 e. The van der Waals surface area contributed by atoms with E-state index in [2.05, 4.69) is 5.32 Å². The highest BCUT2D eigenvalue weighted by Crippen LogP contribution is 2.35. The van der Waals surface area contributed by atoms with Crippen LogP contribution < -0.4 is 10.2 Å². The number of hydrogen-bond donors (Lipinski definition) is 1. The minimum Gasteiger partial charge on any atom is -0.326 e. The molecule has 0 spiro atoms. The van der Waals surface area contributed by atoms with Gasteiger partial charge in [0.05, 0.1) is 4.90 Å². The van der Waals surface area contributed by atoms with Crippen LogP contribution in [0.2, 0.25) is 0 Å². The van der Waals surface area contributed by atoms with Gasteiger partial charge in [-0.3, -0.25) is 14.4 Å². The quantitative estimate of drug-likeness (QED) is 0.658. The summed E-state index contributed by atoms with van der Waals surface area (Å²) < 4.78 is 28.0. The number of Topliss-reactive ketones (excluding diaryl/α,β-unsaturated/α-hetero) is 1. The number of carbonyl (C=O) groups is 3. The summed E-state index contributed by atoms with van der Waals surface area (Å²) in [6.45, 7) is 5.43. The lowest BCUT2D eigenvalue weighted by molar-refractivity contribution is -0.121. The molecule has 2 heterocycles. The number of sulfonamides is 1. The summed E-state index contributed by atoms with van der Waals surface area (Å²) in [4.78, 5) is 38.1. The SMILES string of the molecule is CC(=O)c1cccc(NC(=O)C2CCN(S(=O)(=O)c3ccc4c(c3)CC(C)N4C(C)=O)CC2)c1. The van der Waals surface area contributed by atoms with Crippen molar-refractivity contribution in [1.29, 1.82) is 0 Å². The minimum absolute atomic E-state index is 0.00384. The predicted molar refractivity (Wildman–Crippen MR) is 129 cm³/mol. The molecule has 1 saturated heterocycles. The van der Waals surface area contributed by atoms with E-state index in [-0.39, 0.29) is 47.5 Å². The Morgan fingerprint density at radius 3 is 2.35 bits per heavy atom. The summed E-state index contributed by atoms with van der Waals surface area (Å²) in [6.07, 6.45) is 1.44. The van der Waals surface area contributed by atoms with E-state index in [1.54, 1.807) is 47.4 Å². The number of rotatable bonds is 5. The highest BCUT2D eigenvalue weighted by molar-refractivity contribution is 7.89. The van der Waals surface area contributed by atoms with Gasteiger partial charge in [0.25, 0.3) is 0 Å². The molecule has 8 nitrogen and oxygen atoms in total. The lowest BCUT2D eigenvalue weighted by Crippen LogP contribution is -2.41. The first-order chi connectivity index (χ1) is 16.1. The van der Waals surface area contributed by atoms with Crippen LogP contribution in [0.15, 0.2) is 47.4 Å². The summed E-state index contributed by atoms with van der Waals surface area (Å²) >= 11 is 0. The molecule has 4 rings (SSSR count). The fraction of sp³-hybridized carbons (Fsp3) is 0.400. The van der Waals surface area contributed by atoms with E-state index in [4.69, 9.17) is 0 Å². The number of ketones is 1. The van der Waals surface area contributed by atoms with Crippen LogP contribution in [0, 0.1) is 5.92 Å². The lowest BCUT2D eigenvalue weighted by atomic mass is 9.97. The Kier molecular flexibility index (Phi) is 6.60. The van der Waals surface area contributed by atoms with E-state index in [0.717, 1.165) is 11.3 Å². The van der Waals surface area contributed by atoms with E-state index in [9.17, 15) is 22.8 Å². The second-order valence-corrected chi connectivity index (χ2v) is 11.0. The maximum absolute atomic E-state index is 13.3. The van der Waals surface area contributed by atoms with Crippen molar-refractivity contribution in [2.75, 3.05) is 23.3 Å². The number of fused-ring (bicyclic) bond motifs is 1. The van der Waals surface area contributed by atoms with Gasteiger partial charge in [-0.15, -0.1) is 0 Å². The third-order valence-electron chi connectivity index (χ3n) is 6.60. The van der Waals surface area contributed by atoms with Crippen molar-refractivity contribution >= 4 is 39.0 Å². The van der Waals surface area contributed by atoms with Gasteiger partial charge in [-0.25, -0.2) is 8.42 Å². The topological polar surface area (TPSA) is 104 Å². The number of benzene rings is 2. The molecule has 180 valence electrons. The molecule has 0 aliphatic carbocycles. The molecule has 2 aromatic rings. The van der Waals surface area contributed by atoms with Gasteiger partial charge < -0.3 is 10.2 Å². The molecule has 2 aromatic carbocycles. The number of amides is 2. The van der Waals surface area contributed by atoms with Gasteiger partial charge in [-0.05, 0) is 69.0 Å². The van der Waals surface area contributed by atoms with Gasteiger partial charge in [0, 0.05) is 48.9 Å². The zero-order valence-corrected chi connectivity index (χ0v) is 20.4. The molecular weight excluding hydrogens is 454 g/mol. The molecule has 0 radical (unpaired) electrons. The highest BCUT2D eigenvalue weighted by Gasteiger charge is 2.34. The number of anilines is 2. The lowest BCUT2D eigenvalue weighted by Gasteiger charge is -2.30. The van der Waals surface area contributed by atoms with Gasteiger partial charge in [0.1, 0.15) is 0 Å². The number of nitrogens with one attached hydrogen (secondary N) is 1. The van der Waals surface area contributed by atoms with E-state index < -0.39 is 10.0 Å². The van der Waals surface area contributed by atoms with Gasteiger partial charge in [0.15, 0.2) is 5.78 Å². The molecule has 34 heavy (non-hydrogen) atoms. The maximum Gasteiger partial charge on any atom is 0.243 e. The molecular formula is C25H29N3O5S. The van der Waals surface area contributed by atoms with Crippen LogP contribution in [0.4, 0.5) is 11.4 Å². The molecule has 0 bridgehead atoms. The summed E-state index contributed by atoms with van der Waals surface area (Å²) in [6, 6.07) is 11.7. The maximum atomic E-state index is 13.3. The van der Waals surface area contributed by atoms with E-state index >= 15 is 0 Å². The molecule has 1 fully saturated rings. The number of nitrogens with zero attached hydrogens (tertiary/aromatic N) is 2. The van der Waals surface area contributed by atoms with Crippen LogP contribution >= 0.6 is 0 Å². The molecule has 2 aliphatic heterocycles. The van der Waals surface area contributed by atoms with Crippen LogP contribution in [-0.2, 0) is 26.0 Å². The van der Waals surface area contributed by atoms with Gasteiger partial charge in [-0.1, -0.05) is 12.1 Å². The predicted octanol–water partition coefficient (Wildman–Crippen LogP) is 3.23. The number of hydrogen-bond acceptors (Lipinski definition) is 5. The van der Waals surface area contributed by atoms with Crippen molar-refractivity contribution in [3.63, 3.8) is 0 Å². The molecule has 0 aromatic heterocycles. The standard InChI is InChI=1S/C25H29N3O5S/c1-16-13-21-15-23(7-8-24(21)28(16)18(3)30)34(32,33)27-11-9-19(10-12-27)25(31)26-22-6-4-5-20(14-22)17(2)29/h4-8,14-16,19H,9-13H2,1-3H3,(H,26,31). The second-order valence-electron chi connectivity index (χ2n) is 9.04. The minimum atomic E-state index is -3.70. The van der Waals surface area contributed by atoms with Crippen LogP contribution in [0.3, 0.4) is 0 Å². The molecule has 1 N–H and O–H groups in total. The Hall–Kier alpha value is -3.04. The second kappa shape index (κ2) is 9.31. The zero-order valence-electron chi connectivity index (χ0n) is 19.6. The van der Waals surface area contributed by atoms with Crippen LogP contribution in [-0.4, -0.2) is 49.5 Å². The molecule has 2 amide bonds. The van der Waals surface area contributed by atoms with Crippen molar-refractivity contribution in [2.45, 2.75) is 51.0 Å². The molecule has 2 aliphatic rings. The Morgan fingerprint density at radius 2 is 1.71 bits per heavy atom. The Labute approximate surface area is 200 Å². The first-order valence-corrected chi connectivity index (χ1v) is 12.9. The summed E-state index contributed by atoms with van der Waals surface area (Å²) in [7, 11) is -3.70. The van der Waals surface area contributed by atoms with Crippen molar-refractivity contribution in [3.8, 4) is 0 Å². The fourth-order valence-electron chi connectivity index (χ4n) is 4.82. The average Bonchev–Trinajstić information content (AvgIpc) is 3.14. The normalized spacial score (nSPS) is 19.0. The number of piperidine rings is 1. The van der Waals surface area contributed by atoms with E-state index in [1.807, 2.05) is 6.92 Å². The van der Waals surface area contributed by atoms with Crippen molar-refractivity contribution < 1.29 is 22.8 Å². The third kappa shape index (κ3) is 4.63. The Morgan fingerprint density at radius 1 is 1.00 bits per heavy atom. The van der Waals surface area contributed by atoms with E-state index in [0.29, 0.717) is 30.5 Å². The monoisotopic (exact) mass is 483 g/mol.